The average Bonchev–Trinajstić information content (AvgIpc) is 2.64. The molecule has 0 aliphatic rings. The van der Waals surface area contributed by atoms with Gasteiger partial charge in [-0.25, -0.2) is 19.2 Å². The minimum Gasteiger partial charge on any atom is -0.478 e. The molecule has 27 heavy (non-hydrogen) atoms. The molecular formula is C17H28O10. The normalized spacial score (nSPS) is 7.41. The Balaban J connectivity index is -0.0000000753. The first-order valence-electron chi connectivity index (χ1n) is 6.90. The Kier molecular flexibility index (Phi) is 39.7. The Morgan fingerprint density at radius 3 is 0.852 bits per heavy atom. The molecule has 0 aromatic carbocycles. The zero-order chi connectivity index (χ0) is 22.8. The fourth-order valence-electron chi connectivity index (χ4n) is 0.430. The van der Waals surface area contributed by atoms with Gasteiger partial charge >= 0.3 is 23.9 Å². The molecule has 10 nitrogen and oxygen atoms in total. The molecule has 0 rings (SSSR count). The molecule has 156 valence electrons. The van der Waals surface area contributed by atoms with Crippen molar-refractivity contribution in [3.8, 4) is 0 Å². The summed E-state index contributed by atoms with van der Waals surface area (Å²) in [5, 5.41) is 30.4. The van der Waals surface area contributed by atoms with Gasteiger partial charge in [-0.05, 0) is 6.42 Å². The van der Waals surface area contributed by atoms with Crippen LogP contribution in [0.1, 0.15) is 13.3 Å². The van der Waals surface area contributed by atoms with Crippen LogP contribution in [0.4, 0.5) is 0 Å². The van der Waals surface area contributed by atoms with Crippen LogP contribution < -0.4 is 0 Å². The van der Waals surface area contributed by atoms with E-state index >= 15 is 0 Å². The monoisotopic (exact) mass is 392 g/mol. The molecule has 0 aliphatic heterocycles. The van der Waals surface area contributed by atoms with Gasteiger partial charge in [-0.15, -0.1) is 0 Å². The lowest BCUT2D eigenvalue weighted by molar-refractivity contribution is -0.132. The van der Waals surface area contributed by atoms with Crippen LogP contribution in [0.5, 0.6) is 0 Å². The maximum atomic E-state index is 9.25. The summed E-state index contributed by atoms with van der Waals surface area (Å²) in [5.74, 6) is -3.93. The molecule has 0 aliphatic carbocycles. The number of methoxy groups -OCH3 is 2. The maximum Gasteiger partial charge on any atom is 0.327 e. The number of carbonyl (C=O) groups is 4. The standard InChI is InChI=1S/C5H12O2.4C3H4O2/c1-4-5(6-2)7-3;4*1-2-3(4)5/h5H,4H2,1-3H3;4*2H,1H2,(H,4,5). The summed E-state index contributed by atoms with van der Waals surface area (Å²) in [5.41, 5.74) is 0. The number of hydrogen-bond acceptors (Lipinski definition) is 6. The van der Waals surface area contributed by atoms with E-state index in [9.17, 15) is 19.2 Å². The second-order valence-corrected chi connectivity index (χ2v) is 3.48. The lowest BCUT2D eigenvalue weighted by atomic mass is 10.5. The Morgan fingerprint density at radius 1 is 0.704 bits per heavy atom. The summed E-state index contributed by atoms with van der Waals surface area (Å²) in [7, 11) is 3.27. The van der Waals surface area contributed by atoms with Crippen LogP contribution in [0.25, 0.3) is 0 Å². The highest BCUT2D eigenvalue weighted by Gasteiger charge is 1.96. The summed E-state index contributed by atoms with van der Waals surface area (Å²) >= 11 is 0. The fraction of sp³-hybridized carbons (Fsp3) is 0.294. The van der Waals surface area contributed by atoms with Gasteiger partial charge in [0.05, 0.1) is 0 Å². The first kappa shape index (κ1) is 35.0. The maximum absolute atomic E-state index is 9.25. The number of carboxylic acids is 4. The van der Waals surface area contributed by atoms with Crippen LogP contribution in [0.3, 0.4) is 0 Å². The SMILES string of the molecule is C=CC(=O)O.C=CC(=O)O.C=CC(=O)O.C=CC(=O)O.CCC(OC)OC. The van der Waals surface area contributed by atoms with Crippen molar-refractivity contribution in [3.63, 3.8) is 0 Å². The number of ether oxygens (including phenoxy) is 2. The van der Waals surface area contributed by atoms with E-state index in [-0.39, 0.29) is 6.29 Å². The van der Waals surface area contributed by atoms with Crippen LogP contribution in [-0.2, 0) is 28.7 Å². The van der Waals surface area contributed by atoms with Crippen molar-refractivity contribution < 1.29 is 49.1 Å². The quantitative estimate of drug-likeness (QED) is 0.371. The van der Waals surface area contributed by atoms with Gasteiger partial charge < -0.3 is 29.9 Å². The predicted molar refractivity (Wildman–Crippen MR) is 99.4 cm³/mol. The van der Waals surface area contributed by atoms with E-state index in [0.29, 0.717) is 0 Å². The highest BCUT2D eigenvalue weighted by atomic mass is 16.7. The molecule has 0 atom stereocenters. The van der Waals surface area contributed by atoms with Crippen molar-refractivity contribution in [1.82, 2.24) is 0 Å². The van der Waals surface area contributed by atoms with Crippen LogP contribution in [0.15, 0.2) is 50.6 Å². The summed E-state index contributed by atoms with van der Waals surface area (Å²) in [4.78, 5) is 37.0. The highest BCUT2D eigenvalue weighted by molar-refractivity contribution is 5.79. The lowest BCUT2D eigenvalue weighted by Crippen LogP contribution is -2.10. The number of rotatable bonds is 7. The van der Waals surface area contributed by atoms with Crippen molar-refractivity contribution >= 4 is 23.9 Å². The van der Waals surface area contributed by atoms with E-state index in [2.05, 4.69) is 26.3 Å². The Morgan fingerprint density at radius 2 is 0.852 bits per heavy atom. The third-order valence-electron chi connectivity index (χ3n) is 1.56. The Labute approximate surface area is 158 Å². The Bertz CT molecular complexity index is 373. The lowest BCUT2D eigenvalue weighted by Gasteiger charge is -2.08. The molecule has 0 aromatic rings. The zero-order valence-corrected chi connectivity index (χ0v) is 15.7. The third kappa shape index (κ3) is 84.7. The second-order valence-electron chi connectivity index (χ2n) is 3.48. The molecule has 0 aromatic heterocycles. The molecule has 0 heterocycles. The van der Waals surface area contributed by atoms with Gasteiger partial charge in [-0.1, -0.05) is 33.2 Å². The van der Waals surface area contributed by atoms with Gasteiger partial charge in [0.15, 0.2) is 6.29 Å². The first-order valence-corrected chi connectivity index (χ1v) is 6.90. The molecule has 10 heteroatoms. The number of aliphatic carboxylic acids is 4. The molecule has 4 N–H and O–H groups in total. The molecular weight excluding hydrogens is 364 g/mol. The molecule has 0 spiro atoms. The zero-order valence-electron chi connectivity index (χ0n) is 15.7. The van der Waals surface area contributed by atoms with Crippen molar-refractivity contribution in [3.05, 3.63) is 50.6 Å². The predicted octanol–water partition coefficient (Wildman–Crippen LogP) is 2.04. The van der Waals surface area contributed by atoms with E-state index in [1.54, 1.807) is 14.2 Å². The average molecular weight is 392 g/mol. The van der Waals surface area contributed by atoms with Gasteiger partial charge in [0.1, 0.15) is 0 Å². The highest BCUT2D eigenvalue weighted by Crippen LogP contribution is 1.93. The molecule has 0 fully saturated rings. The van der Waals surface area contributed by atoms with Crippen LogP contribution in [-0.4, -0.2) is 64.8 Å². The van der Waals surface area contributed by atoms with Crippen molar-refractivity contribution in [2.24, 2.45) is 0 Å². The number of hydrogen-bond donors (Lipinski definition) is 4. The minimum absolute atomic E-state index is 0.0139. The van der Waals surface area contributed by atoms with Crippen LogP contribution >= 0.6 is 0 Å². The van der Waals surface area contributed by atoms with E-state index in [1.165, 1.54) is 0 Å². The van der Waals surface area contributed by atoms with E-state index < -0.39 is 23.9 Å². The molecule has 0 saturated carbocycles. The van der Waals surface area contributed by atoms with Gasteiger partial charge in [0.25, 0.3) is 0 Å². The minimum atomic E-state index is -0.981. The van der Waals surface area contributed by atoms with E-state index in [1.807, 2.05) is 6.92 Å². The van der Waals surface area contributed by atoms with E-state index in [4.69, 9.17) is 29.9 Å². The van der Waals surface area contributed by atoms with Gasteiger partial charge in [-0.2, -0.15) is 0 Å². The van der Waals surface area contributed by atoms with Gasteiger partial charge in [-0.3, -0.25) is 0 Å². The summed E-state index contributed by atoms with van der Waals surface area (Å²) in [6, 6.07) is 0. The topological polar surface area (TPSA) is 168 Å². The Hall–Kier alpha value is -3.24. The van der Waals surface area contributed by atoms with Gasteiger partial charge in [0.2, 0.25) is 0 Å². The molecule has 0 saturated heterocycles. The third-order valence-corrected chi connectivity index (χ3v) is 1.56. The molecule has 0 unspecified atom stereocenters. The smallest absolute Gasteiger partial charge is 0.327 e. The van der Waals surface area contributed by atoms with Crippen molar-refractivity contribution in [1.29, 1.82) is 0 Å². The molecule has 0 radical (unpaired) electrons. The summed E-state index contributed by atoms with van der Waals surface area (Å²) in [6.45, 7) is 13.9. The van der Waals surface area contributed by atoms with Crippen LogP contribution in [0, 0.1) is 0 Å². The van der Waals surface area contributed by atoms with Gasteiger partial charge in [0, 0.05) is 38.5 Å². The van der Waals surface area contributed by atoms with Crippen molar-refractivity contribution in [2.45, 2.75) is 19.6 Å². The molecule has 0 bridgehead atoms. The first-order chi connectivity index (χ1) is 12.4. The summed E-state index contributed by atoms with van der Waals surface area (Å²) in [6.07, 6.45) is 4.23. The van der Waals surface area contributed by atoms with Crippen molar-refractivity contribution in [2.75, 3.05) is 14.2 Å². The molecule has 0 amide bonds. The number of carboxylic acid groups (broad SMARTS) is 4. The van der Waals surface area contributed by atoms with Crippen LogP contribution in [0.2, 0.25) is 0 Å². The largest absolute Gasteiger partial charge is 0.478 e. The fourth-order valence-corrected chi connectivity index (χ4v) is 0.430. The second kappa shape index (κ2) is 30.6. The van der Waals surface area contributed by atoms with E-state index in [0.717, 1.165) is 30.7 Å². The summed E-state index contributed by atoms with van der Waals surface area (Å²) < 4.78 is 9.65.